The molecule has 0 spiro atoms. The first-order valence-corrected chi connectivity index (χ1v) is 7.08. The second kappa shape index (κ2) is 8.51. The SMILES string of the molecule is CCCNC(C#N)CCOc1cccc([N+](=O)[O-])c1Br. The zero-order chi connectivity index (χ0) is 15.0. The molecule has 0 bridgehead atoms. The van der Waals surface area contributed by atoms with Crippen molar-refractivity contribution >= 4 is 21.6 Å². The number of ether oxygens (including phenoxy) is 1. The molecule has 0 saturated carbocycles. The van der Waals surface area contributed by atoms with Gasteiger partial charge in [-0.25, -0.2) is 0 Å². The number of rotatable bonds is 8. The minimum Gasteiger partial charge on any atom is -0.492 e. The van der Waals surface area contributed by atoms with Crippen molar-refractivity contribution in [3.05, 3.63) is 32.8 Å². The van der Waals surface area contributed by atoms with Gasteiger partial charge in [-0.2, -0.15) is 5.26 Å². The van der Waals surface area contributed by atoms with Crippen molar-refractivity contribution in [1.29, 1.82) is 5.26 Å². The van der Waals surface area contributed by atoms with E-state index in [1.54, 1.807) is 12.1 Å². The lowest BCUT2D eigenvalue weighted by atomic mass is 10.2. The molecular weight excluding hydrogens is 326 g/mol. The topological polar surface area (TPSA) is 88.2 Å². The average molecular weight is 342 g/mol. The van der Waals surface area contributed by atoms with Crippen LogP contribution in [0.5, 0.6) is 5.75 Å². The van der Waals surface area contributed by atoms with Gasteiger partial charge in [-0.05, 0) is 35.0 Å². The number of nitrogens with zero attached hydrogens (tertiary/aromatic N) is 2. The molecule has 1 aromatic carbocycles. The average Bonchev–Trinajstić information content (AvgIpc) is 2.44. The highest BCUT2D eigenvalue weighted by atomic mass is 79.9. The first-order valence-electron chi connectivity index (χ1n) is 6.28. The molecule has 0 aromatic heterocycles. The molecular formula is C13H16BrN3O3. The van der Waals surface area contributed by atoms with E-state index in [0.717, 1.165) is 13.0 Å². The lowest BCUT2D eigenvalue weighted by molar-refractivity contribution is -0.385. The standard InChI is InChI=1S/C13H16BrN3O3/c1-2-7-16-10(9-15)6-8-20-12-5-3-4-11(13(12)14)17(18)19/h3-5,10,16H,2,6-8H2,1H3. The molecule has 0 radical (unpaired) electrons. The van der Waals surface area contributed by atoms with Gasteiger partial charge in [0.15, 0.2) is 0 Å². The number of hydrogen-bond acceptors (Lipinski definition) is 5. The van der Waals surface area contributed by atoms with Crippen LogP contribution in [-0.4, -0.2) is 24.1 Å². The molecule has 7 heteroatoms. The van der Waals surface area contributed by atoms with Crippen molar-refractivity contribution in [3.63, 3.8) is 0 Å². The summed E-state index contributed by atoms with van der Waals surface area (Å²) in [6.45, 7) is 3.12. The molecule has 0 aliphatic rings. The minimum absolute atomic E-state index is 0.0385. The number of nitriles is 1. The first kappa shape index (κ1) is 16.4. The summed E-state index contributed by atoms with van der Waals surface area (Å²) >= 11 is 3.16. The van der Waals surface area contributed by atoms with Gasteiger partial charge in [0, 0.05) is 12.5 Å². The van der Waals surface area contributed by atoms with Crippen molar-refractivity contribution in [2.75, 3.05) is 13.2 Å². The van der Waals surface area contributed by atoms with Crippen molar-refractivity contribution < 1.29 is 9.66 Å². The molecule has 1 N–H and O–H groups in total. The fraction of sp³-hybridized carbons (Fsp3) is 0.462. The Morgan fingerprint density at radius 1 is 1.60 bits per heavy atom. The van der Waals surface area contributed by atoms with Gasteiger partial charge >= 0.3 is 0 Å². The normalized spacial score (nSPS) is 11.7. The fourth-order valence-corrected chi connectivity index (χ4v) is 2.09. The summed E-state index contributed by atoms with van der Waals surface area (Å²) in [6.07, 6.45) is 1.47. The maximum Gasteiger partial charge on any atom is 0.287 e. The molecule has 0 saturated heterocycles. The van der Waals surface area contributed by atoms with Crippen molar-refractivity contribution in [1.82, 2.24) is 5.32 Å². The number of nitro benzene ring substituents is 1. The summed E-state index contributed by atoms with van der Waals surface area (Å²) in [5.74, 6) is 0.409. The van der Waals surface area contributed by atoms with Crippen LogP contribution in [0.25, 0.3) is 0 Å². The lowest BCUT2D eigenvalue weighted by Gasteiger charge is -2.12. The molecule has 20 heavy (non-hydrogen) atoms. The molecule has 0 aliphatic carbocycles. The molecule has 1 unspecified atom stereocenters. The second-order valence-corrected chi connectivity index (χ2v) is 4.91. The minimum atomic E-state index is -0.474. The van der Waals surface area contributed by atoms with Crippen molar-refractivity contribution in [3.8, 4) is 11.8 Å². The Morgan fingerprint density at radius 3 is 2.95 bits per heavy atom. The van der Waals surface area contributed by atoms with Crippen LogP contribution in [0, 0.1) is 21.4 Å². The van der Waals surface area contributed by atoms with Crippen LogP contribution in [0.3, 0.4) is 0 Å². The van der Waals surface area contributed by atoms with E-state index >= 15 is 0 Å². The third-order valence-electron chi connectivity index (χ3n) is 2.60. The highest BCUT2D eigenvalue weighted by Gasteiger charge is 2.16. The number of benzene rings is 1. The van der Waals surface area contributed by atoms with E-state index in [2.05, 4.69) is 27.3 Å². The molecule has 108 valence electrons. The van der Waals surface area contributed by atoms with E-state index in [9.17, 15) is 10.1 Å². The Kier molecular flexibility index (Phi) is 6.98. The number of hydrogen-bond donors (Lipinski definition) is 1. The molecule has 0 aliphatic heterocycles. The molecule has 0 fully saturated rings. The fourth-order valence-electron chi connectivity index (χ4n) is 1.57. The Labute approximate surface area is 126 Å². The smallest absolute Gasteiger partial charge is 0.287 e. The van der Waals surface area contributed by atoms with E-state index < -0.39 is 4.92 Å². The van der Waals surface area contributed by atoms with Gasteiger partial charge in [0.05, 0.1) is 23.6 Å². The van der Waals surface area contributed by atoms with Crippen LogP contribution >= 0.6 is 15.9 Å². The maximum absolute atomic E-state index is 10.8. The molecule has 1 aromatic rings. The summed E-state index contributed by atoms with van der Waals surface area (Å²) in [4.78, 5) is 10.3. The molecule has 1 rings (SSSR count). The Balaban J connectivity index is 2.56. The van der Waals surface area contributed by atoms with Crippen LogP contribution in [0.4, 0.5) is 5.69 Å². The van der Waals surface area contributed by atoms with Crippen LogP contribution in [0.15, 0.2) is 22.7 Å². The van der Waals surface area contributed by atoms with Gasteiger partial charge in [0.2, 0.25) is 0 Å². The van der Waals surface area contributed by atoms with E-state index in [1.165, 1.54) is 6.07 Å². The number of halogens is 1. The third kappa shape index (κ3) is 4.79. The van der Waals surface area contributed by atoms with E-state index in [-0.39, 0.29) is 11.7 Å². The molecule has 0 amide bonds. The highest BCUT2D eigenvalue weighted by Crippen LogP contribution is 2.33. The molecule has 6 nitrogen and oxygen atoms in total. The Bertz CT molecular complexity index is 502. The van der Waals surface area contributed by atoms with Crippen molar-refractivity contribution in [2.45, 2.75) is 25.8 Å². The number of nitrogens with one attached hydrogen (secondary N) is 1. The van der Waals surface area contributed by atoms with Gasteiger partial charge in [-0.1, -0.05) is 13.0 Å². The van der Waals surface area contributed by atoms with Gasteiger partial charge in [0.1, 0.15) is 10.2 Å². The van der Waals surface area contributed by atoms with Crippen LogP contribution < -0.4 is 10.1 Å². The predicted molar refractivity (Wildman–Crippen MR) is 78.6 cm³/mol. The van der Waals surface area contributed by atoms with Crippen LogP contribution in [0.2, 0.25) is 0 Å². The monoisotopic (exact) mass is 341 g/mol. The second-order valence-electron chi connectivity index (χ2n) is 4.12. The summed E-state index contributed by atoms with van der Waals surface area (Å²) in [7, 11) is 0. The third-order valence-corrected chi connectivity index (χ3v) is 3.40. The van der Waals surface area contributed by atoms with E-state index in [0.29, 0.717) is 23.2 Å². The van der Waals surface area contributed by atoms with Crippen LogP contribution in [0.1, 0.15) is 19.8 Å². The van der Waals surface area contributed by atoms with Gasteiger partial charge < -0.3 is 10.1 Å². The Morgan fingerprint density at radius 2 is 2.35 bits per heavy atom. The summed E-state index contributed by atoms with van der Waals surface area (Å²) in [5, 5.41) is 22.8. The molecule has 1 atom stereocenters. The summed E-state index contributed by atoms with van der Waals surface area (Å²) < 4.78 is 5.82. The Hall–Kier alpha value is -1.65. The van der Waals surface area contributed by atoms with Crippen LogP contribution in [-0.2, 0) is 0 Å². The van der Waals surface area contributed by atoms with E-state index in [4.69, 9.17) is 10.00 Å². The van der Waals surface area contributed by atoms with Gasteiger partial charge in [0.25, 0.3) is 5.69 Å². The quantitative estimate of drug-likeness (QED) is 0.579. The largest absolute Gasteiger partial charge is 0.492 e. The molecule has 0 heterocycles. The van der Waals surface area contributed by atoms with Gasteiger partial charge in [-0.15, -0.1) is 0 Å². The van der Waals surface area contributed by atoms with E-state index in [1.807, 2.05) is 6.92 Å². The highest BCUT2D eigenvalue weighted by molar-refractivity contribution is 9.10. The zero-order valence-electron chi connectivity index (χ0n) is 11.1. The zero-order valence-corrected chi connectivity index (χ0v) is 12.7. The summed E-state index contributed by atoms with van der Waals surface area (Å²) in [6, 6.07) is 6.50. The number of nitro groups is 1. The lowest BCUT2D eigenvalue weighted by Crippen LogP contribution is -2.29. The van der Waals surface area contributed by atoms with Crippen molar-refractivity contribution in [2.24, 2.45) is 0 Å². The maximum atomic E-state index is 10.8. The first-order chi connectivity index (χ1) is 9.60. The summed E-state index contributed by atoms with van der Waals surface area (Å²) in [5.41, 5.74) is -0.0385. The van der Waals surface area contributed by atoms with Gasteiger partial charge in [-0.3, -0.25) is 10.1 Å². The predicted octanol–water partition coefficient (Wildman–Crippen LogP) is 3.02.